The van der Waals surface area contributed by atoms with Crippen LogP contribution in [-0.2, 0) is 12.8 Å². The molecule has 1 aliphatic carbocycles. The average Bonchev–Trinajstić information content (AvgIpc) is 3.11. The maximum Gasteiger partial charge on any atom is 0.238 e. The van der Waals surface area contributed by atoms with E-state index in [0.717, 1.165) is 50.2 Å². The van der Waals surface area contributed by atoms with Crippen molar-refractivity contribution in [2.75, 3.05) is 44.3 Å². The minimum absolute atomic E-state index is 0.116. The highest BCUT2D eigenvalue weighted by Crippen LogP contribution is 2.40. The Hall–Kier alpha value is -3.41. The van der Waals surface area contributed by atoms with E-state index in [4.69, 9.17) is 9.72 Å². The highest BCUT2D eigenvalue weighted by molar-refractivity contribution is 5.89. The normalized spacial score (nSPS) is 16.3. The van der Waals surface area contributed by atoms with E-state index < -0.39 is 0 Å². The minimum Gasteiger partial charge on any atom is -0.476 e. The van der Waals surface area contributed by atoms with Crippen LogP contribution < -0.4 is 9.64 Å². The monoisotopic (exact) mass is 493 g/mol. The average molecular weight is 494 g/mol. The fourth-order valence-corrected chi connectivity index (χ4v) is 6.14. The molecule has 5 nitrogen and oxygen atoms in total. The number of para-hydroxylation sites is 1. The summed E-state index contributed by atoms with van der Waals surface area (Å²) in [5.74, 6) is 0.684. The molecule has 1 saturated heterocycles. The van der Waals surface area contributed by atoms with Crippen LogP contribution in [0.3, 0.4) is 0 Å². The summed E-state index contributed by atoms with van der Waals surface area (Å²) in [6.07, 6.45) is 2.79. The van der Waals surface area contributed by atoms with E-state index in [1.165, 1.54) is 33.2 Å². The van der Waals surface area contributed by atoms with Gasteiger partial charge in [0.25, 0.3) is 0 Å². The molecule has 1 aromatic heterocycles. The summed E-state index contributed by atoms with van der Waals surface area (Å²) in [6, 6.07) is 26.6. The van der Waals surface area contributed by atoms with Crippen LogP contribution in [0.2, 0.25) is 0 Å². The van der Waals surface area contributed by atoms with E-state index >= 15 is 0 Å². The van der Waals surface area contributed by atoms with Crippen molar-refractivity contribution in [1.82, 2.24) is 9.88 Å². The van der Waals surface area contributed by atoms with Crippen LogP contribution >= 0.6 is 0 Å². The lowest BCUT2D eigenvalue weighted by Gasteiger charge is -2.41. The quantitative estimate of drug-likeness (QED) is 0.369. The van der Waals surface area contributed by atoms with E-state index in [9.17, 15) is 5.11 Å². The van der Waals surface area contributed by atoms with Gasteiger partial charge < -0.3 is 14.7 Å². The Morgan fingerprint density at radius 2 is 1.46 bits per heavy atom. The van der Waals surface area contributed by atoms with Crippen LogP contribution in [0.4, 0.5) is 5.69 Å². The van der Waals surface area contributed by atoms with E-state index in [0.29, 0.717) is 18.9 Å². The number of aromatic nitrogens is 1. The third-order valence-electron chi connectivity index (χ3n) is 7.99. The van der Waals surface area contributed by atoms with E-state index in [1.807, 2.05) is 12.1 Å². The first-order chi connectivity index (χ1) is 18.2. The smallest absolute Gasteiger partial charge is 0.238 e. The molecule has 5 heteroatoms. The second kappa shape index (κ2) is 10.5. The van der Waals surface area contributed by atoms with Crippen molar-refractivity contribution >= 4 is 16.6 Å². The van der Waals surface area contributed by atoms with Crippen molar-refractivity contribution < 1.29 is 9.84 Å². The largest absolute Gasteiger partial charge is 0.476 e. The summed E-state index contributed by atoms with van der Waals surface area (Å²) in [5, 5.41) is 10.5. The molecule has 2 heterocycles. The molecule has 0 amide bonds. The number of piperazine rings is 1. The van der Waals surface area contributed by atoms with Gasteiger partial charge in [-0.25, -0.2) is 4.98 Å². The number of fused-ring (bicyclic) bond motifs is 3. The molecule has 0 atom stereocenters. The fraction of sp³-hybridized carbons (Fsp3) is 0.344. The van der Waals surface area contributed by atoms with Crippen molar-refractivity contribution in [3.8, 4) is 5.88 Å². The van der Waals surface area contributed by atoms with Gasteiger partial charge in [0, 0.05) is 44.6 Å². The second-order valence-corrected chi connectivity index (χ2v) is 10.2. The molecule has 2 aliphatic rings. The Morgan fingerprint density at radius 3 is 2.14 bits per heavy atom. The standard InChI is InChI=1S/C32H35N3O2/c1-23-26-11-6-7-14-29(26)33-32(37-22-8-21-36)30(23)34-17-19-35(20-18-34)31-27-12-4-2-9-24(27)15-16-25-10-3-5-13-28(25)31/h2-7,9-14,31,36H,8,15-22H2,1H3. The number of ether oxygens (including phenoxy) is 1. The SMILES string of the molecule is Cc1c(N2CCN(C3c4ccccc4CCc4ccccc43)CC2)c(OCCCO)nc2ccccc12. The first-order valence-electron chi connectivity index (χ1n) is 13.5. The number of hydrogen-bond acceptors (Lipinski definition) is 5. The molecule has 0 spiro atoms. The maximum absolute atomic E-state index is 9.28. The number of nitrogens with zero attached hydrogens (tertiary/aromatic N) is 3. The zero-order chi connectivity index (χ0) is 25.2. The predicted octanol–water partition coefficient (Wildman–Crippen LogP) is 5.31. The lowest BCUT2D eigenvalue weighted by atomic mass is 9.92. The number of aliphatic hydroxyl groups excluding tert-OH is 1. The van der Waals surface area contributed by atoms with E-state index in [2.05, 4.69) is 77.4 Å². The van der Waals surface area contributed by atoms with Crippen LogP contribution in [0.15, 0.2) is 72.8 Å². The number of aliphatic hydroxyl groups is 1. The molecular formula is C32H35N3O2. The Balaban J connectivity index is 1.31. The lowest BCUT2D eigenvalue weighted by Crippen LogP contribution is -2.48. The predicted molar refractivity (Wildman–Crippen MR) is 150 cm³/mol. The first kappa shape index (κ1) is 24.0. The number of aryl methyl sites for hydroxylation is 3. The van der Waals surface area contributed by atoms with Gasteiger partial charge in [-0.3, -0.25) is 4.90 Å². The Bertz CT molecular complexity index is 1350. The molecule has 0 radical (unpaired) electrons. The third-order valence-corrected chi connectivity index (χ3v) is 7.99. The van der Waals surface area contributed by atoms with Gasteiger partial charge in [-0.1, -0.05) is 66.7 Å². The van der Waals surface area contributed by atoms with Crippen LogP contribution in [0.1, 0.15) is 40.3 Å². The zero-order valence-electron chi connectivity index (χ0n) is 21.6. The van der Waals surface area contributed by atoms with Crippen LogP contribution in [0.5, 0.6) is 5.88 Å². The molecule has 1 fully saturated rings. The molecule has 0 saturated carbocycles. The Kier molecular flexibility index (Phi) is 6.81. The summed E-state index contributed by atoms with van der Waals surface area (Å²) in [6.45, 7) is 6.53. The molecule has 6 rings (SSSR count). The highest BCUT2D eigenvalue weighted by atomic mass is 16.5. The third kappa shape index (κ3) is 4.58. The molecular weight excluding hydrogens is 458 g/mol. The lowest BCUT2D eigenvalue weighted by molar-refractivity contribution is 0.209. The van der Waals surface area contributed by atoms with Gasteiger partial charge >= 0.3 is 0 Å². The van der Waals surface area contributed by atoms with Gasteiger partial charge in [-0.05, 0) is 53.6 Å². The molecule has 37 heavy (non-hydrogen) atoms. The van der Waals surface area contributed by atoms with Crippen molar-refractivity contribution in [1.29, 1.82) is 0 Å². The summed E-state index contributed by atoms with van der Waals surface area (Å²) < 4.78 is 6.15. The Morgan fingerprint density at radius 1 is 0.838 bits per heavy atom. The Labute approximate surface area is 219 Å². The fourth-order valence-electron chi connectivity index (χ4n) is 6.14. The number of pyridine rings is 1. The number of benzene rings is 3. The summed E-state index contributed by atoms with van der Waals surface area (Å²) in [4.78, 5) is 10.0. The zero-order valence-corrected chi connectivity index (χ0v) is 21.6. The molecule has 4 aromatic rings. The van der Waals surface area contributed by atoms with Gasteiger partial charge in [0.1, 0.15) is 5.69 Å². The minimum atomic E-state index is 0.116. The number of anilines is 1. The van der Waals surface area contributed by atoms with Crippen molar-refractivity contribution in [2.45, 2.75) is 32.2 Å². The molecule has 1 N–H and O–H groups in total. The number of hydrogen-bond donors (Lipinski definition) is 1. The summed E-state index contributed by atoms with van der Waals surface area (Å²) in [7, 11) is 0. The van der Waals surface area contributed by atoms with Crippen molar-refractivity contribution in [2.24, 2.45) is 0 Å². The van der Waals surface area contributed by atoms with Crippen LogP contribution in [0.25, 0.3) is 10.9 Å². The number of rotatable bonds is 6. The van der Waals surface area contributed by atoms with E-state index in [-0.39, 0.29) is 12.6 Å². The molecule has 1 aliphatic heterocycles. The van der Waals surface area contributed by atoms with Gasteiger partial charge in [-0.15, -0.1) is 0 Å². The molecule has 3 aromatic carbocycles. The maximum atomic E-state index is 9.28. The molecule has 0 bridgehead atoms. The van der Waals surface area contributed by atoms with Gasteiger partial charge in [0.15, 0.2) is 0 Å². The topological polar surface area (TPSA) is 48.8 Å². The molecule has 190 valence electrons. The van der Waals surface area contributed by atoms with Gasteiger partial charge in [0.05, 0.1) is 18.2 Å². The highest BCUT2D eigenvalue weighted by Gasteiger charge is 2.32. The van der Waals surface area contributed by atoms with Crippen LogP contribution in [-0.4, -0.2) is 54.4 Å². The van der Waals surface area contributed by atoms with Crippen molar-refractivity contribution in [3.05, 3.63) is 101 Å². The van der Waals surface area contributed by atoms with Crippen molar-refractivity contribution in [3.63, 3.8) is 0 Å². The molecule has 0 unspecified atom stereocenters. The second-order valence-electron chi connectivity index (χ2n) is 10.2. The van der Waals surface area contributed by atoms with Gasteiger partial charge in [-0.2, -0.15) is 0 Å². The van der Waals surface area contributed by atoms with E-state index in [1.54, 1.807) is 0 Å². The summed E-state index contributed by atoms with van der Waals surface area (Å²) >= 11 is 0. The first-order valence-corrected chi connectivity index (χ1v) is 13.5. The summed E-state index contributed by atoms with van der Waals surface area (Å²) in [5.41, 5.74) is 9.12. The van der Waals surface area contributed by atoms with Crippen LogP contribution in [0, 0.1) is 6.92 Å². The van der Waals surface area contributed by atoms with Gasteiger partial charge in [0.2, 0.25) is 5.88 Å².